The normalized spacial score (nSPS) is 12.7. The lowest BCUT2D eigenvalue weighted by molar-refractivity contribution is -0.246. The molecule has 2 aromatic carbocycles. The van der Waals surface area contributed by atoms with Gasteiger partial charge in [0.2, 0.25) is 0 Å². The molecule has 0 aliphatic carbocycles. The topological polar surface area (TPSA) is 96.6 Å². The van der Waals surface area contributed by atoms with Crippen molar-refractivity contribution < 1.29 is 18.3 Å². The van der Waals surface area contributed by atoms with Crippen LogP contribution in [0.2, 0.25) is 0 Å². The lowest BCUT2D eigenvalue weighted by Gasteiger charge is -2.20. The molecule has 0 saturated carbocycles. The molecule has 0 saturated heterocycles. The van der Waals surface area contributed by atoms with Gasteiger partial charge < -0.3 is 14.4 Å². The van der Waals surface area contributed by atoms with E-state index >= 15 is 0 Å². The van der Waals surface area contributed by atoms with Crippen LogP contribution in [0.15, 0.2) is 64.2 Å². The largest absolute Gasteiger partial charge is 0.603 e. The number of hydrogen-bond acceptors (Lipinski definition) is 5. The summed E-state index contributed by atoms with van der Waals surface area (Å²) in [7, 11) is -3.12. The van der Waals surface area contributed by atoms with Gasteiger partial charge in [-0.2, -0.15) is 8.42 Å². The van der Waals surface area contributed by atoms with Crippen molar-refractivity contribution >= 4 is 16.1 Å². The van der Waals surface area contributed by atoms with Crippen molar-refractivity contribution in [2.24, 2.45) is 4.40 Å². The summed E-state index contributed by atoms with van der Waals surface area (Å²) in [5.74, 6) is 0.997. The minimum atomic E-state index is -4.22. The molecule has 0 aliphatic heterocycles. The fourth-order valence-corrected chi connectivity index (χ4v) is 4.79. The molecule has 8 heteroatoms. The number of ether oxygens (including phenoxy) is 1. The highest BCUT2D eigenvalue weighted by Crippen LogP contribution is 2.31. The molecule has 3 rings (SSSR count). The summed E-state index contributed by atoms with van der Waals surface area (Å²) in [6.45, 7) is 9.10. The number of rotatable bonds is 7. The Kier molecular flexibility index (Phi) is 7.27. The molecule has 0 radical (unpaired) electrons. The molecule has 3 aromatic rings. The molecule has 7 nitrogen and oxygen atoms in total. The standard InChI is InChI=1S/C25H31N3O4S/c1-6-7-18-10-13-22(33(30,31)27-24(29)32-5)21(16-18)20-11-8-19(9-12-20)17-28-15-14-26-23(28)25(2,3)4/h8-16H,6-7,17H2,1-5H3,(H,27,29)/p-1. The van der Waals surface area contributed by atoms with Gasteiger partial charge in [-0.1, -0.05) is 64.4 Å². The van der Waals surface area contributed by atoms with E-state index in [9.17, 15) is 13.5 Å². The first kappa shape index (κ1) is 24.5. The van der Waals surface area contributed by atoms with Gasteiger partial charge in [-0.15, -0.1) is 4.40 Å². The first-order chi connectivity index (χ1) is 15.5. The second-order valence-corrected chi connectivity index (χ2v) is 10.5. The minimum absolute atomic E-state index is 0.0230. The quantitative estimate of drug-likeness (QED) is 0.387. The molecule has 0 bridgehead atoms. The lowest BCUT2D eigenvalue weighted by Crippen LogP contribution is -2.21. The number of nitrogens with zero attached hydrogens (tertiary/aromatic N) is 3. The van der Waals surface area contributed by atoms with Gasteiger partial charge in [0.15, 0.2) is 6.08 Å². The minimum Gasteiger partial charge on any atom is -0.603 e. The Bertz CT molecular complexity index is 1240. The summed E-state index contributed by atoms with van der Waals surface area (Å²) in [5.41, 5.74) is 3.25. The third kappa shape index (κ3) is 5.82. The predicted octanol–water partition coefficient (Wildman–Crippen LogP) is 3.90. The first-order valence-corrected chi connectivity index (χ1v) is 12.3. The van der Waals surface area contributed by atoms with Crippen LogP contribution in [0.3, 0.4) is 0 Å². The van der Waals surface area contributed by atoms with Crippen LogP contribution < -0.4 is 5.11 Å². The molecule has 0 spiro atoms. The van der Waals surface area contributed by atoms with Crippen LogP contribution in [0.25, 0.3) is 11.1 Å². The van der Waals surface area contributed by atoms with Crippen LogP contribution in [-0.2, 0) is 33.1 Å². The number of sulfonamides is 1. The Hall–Kier alpha value is -3.13. The zero-order valence-corrected chi connectivity index (χ0v) is 20.5. The van der Waals surface area contributed by atoms with Crippen LogP contribution >= 0.6 is 0 Å². The van der Waals surface area contributed by atoms with Gasteiger partial charge in [0.25, 0.3) is 10.0 Å². The fourth-order valence-electron chi connectivity index (χ4n) is 3.72. The van der Waals surface area contributed by atoms with E-state index in [1.807, 2.05) is 36.5 Å². The maximum Gasteiger partial charge on any atom is 0.284 e. The van der Waals surface area contributed by atoms with Gasteiger partial charge in [-0.25, -0.2) is 4.98 Å². The SMILES string of the molecule is CCCc1ccc(S(=O)(=O)/N=C(\[O-])OC)c(-c2ccc(Cn3ccnc3C(C)(C)C)cc2)c1. The number of benzene rings is 2. The van der Waals surface area contributed by atoms with Crippen molar-refractivity contribution in [1.82, 2.24) is 9.55 Å². The Labute approximate surface area is 195 Å². The summed E-state index contributed by atoms with van der Waals surface area (Å²) in [6.07, 6.45) is 4.36. The number of aromatic nitrogens is 2. The average molecular weight is 469 g/mol. The summed E-state index contributed by atoms with van der Waals surface area (Å²) >= 11 is 0. The van der Waals surface area contributed by atoms with Crippen molar-refractivity contribution in [2.45, 2.75) is 57.4 Å². The molecule has 1 heterocycles. The third-order valence-corrected chi connectivity index (χ3v) is 6.54. The van der Waals surface area contributed by atoms with E-state index in [-0.39, 0.29) is 10.3 Å². The van der Waals surface area contributed by atoms with Crippen molar-refractivity contribution in [3.8, 4) is 11.1 Å². The van der Waals surface area contributed by atoms with E-state index in [4.69, 9.17) is 0 Å². The van der Waals surface area contributed by atoms with Crippen LogP contribution in [0.4, 0.5) is 0 Å². The molecule has 0 aliphatic rings. The molecule has 0 atom stereocenters. The molecular weight excluding hydrogens is 438 g/mol. The molecule has 0 fully saturated rings. The smallest absolute Gasteiger partial charge is 0.284 e. The van der Waals surface area contributed by atoms with Crippen molar-refractivity contribution in [3.63, 3.8) is 0 Å². The zero-order valence-electron chi connectivity index (χ0n) is 19.7. The van der Waals surface area contributed by atoms with Crippen LogP contribution in [-0.4, -0.2) is 31.2 Å². The van der Waals surface area contributed by atoms with E-state index in [1.165, 1.54) is 6.07 Å². The molecule has 0 amide bonds. The number of imidazole rings is 1. The second-order valence-electron chi connectivity index (χ2n) is 8.94. The van der Waals surface area contributed by atoms with Gasteiger partial charge in [0.05, 0.1) is 4.90 Å². The Morgan fingerprint density at radius 1 is 1.12 bits per heavy atom. The summed E-state index contributed by atoms with van der Waals surface area (Å²) in [5, 5.41) is 11.5. The number of hydrogen-bond donors (Lipinski definition) is 0. The molecular formula is C25H30N3O4S-. The van der Waals surface area contributed by atoms with Gasteiger partial charge in [0.1, 0.15) is 5.82 Å². The van der Waals surface area contributed by atoms with Gasteiger partial charge >= 0.3 is 0 Å². The van der Waals surface area contributed by atoms with Gasteiger partial charge in [-0.3, -0.25) is 0 Å². The molecule has 33 heavy (non-hydrogen) atoms. The summed E-state index contributed by atoms with van der Waals surface area (Å²) in [6, 6.07) is 12.9. The van der Waals surface area contributed by atoms with Gasteiger partial charge in [0, 0.05) is 29.9 Å². The summed E-state index contributed by atoms with van der Waals surface area (Å²) in [4.78, 5) is 4.47. The van der Waals surface area contributed by atoms with Gasteiger partial charge in [-0.05, 0) is 42.4 Å². The zero-order chi connectivity index (χ0) is 24.2. The molecule has 0 unspecified atom stereocenters. The molecule has 0 N–H and O–H groups in total. The highest BCUT2D eigenvalue weighted by molar-refractivity contribution is 7.90. The molecule has 176 valence electrons. The van der Waals surface area contributed by atoms with E-state index in [0.717, 1.165) is 42.5 Å². The Morgan fingerprint density at radius 2 is 1.79 bits per heavy atom. The van der Waals surface area contributed by atoms with E-state index in [1.54, 1.807) is 12.3 Å². The summed E-state index contributed by atoms with van der Waals surface area (Å²) < 4.78 is 35.4. The van der Waals surface area contributed by atoms with Crippen LogP contribution in [0.5, 0.6) is 0 Å². The van der Waals surface area contributed by atoms with Crippen molar-refractivity contribution in [1.29, 1.82) is 0 Å². The molecule has 1 aromatic heterocycles. The Balaban J connectivity index is 2.00. The Morgan fingerprint density at radius 3 is 2.39 bits per heavy atom. The maximum atomic E-state index is 12.8. The monoisotopic (exact) mass is 468 g/mol. The van der Waals surface area contributed by atoms with Crippen molar-refractivity contribution in [3.05, 3.63) is 71.8 Å². The lowest BCUT2D eigenvalue weighted by atomic mass is 9.95. The van der Waals surface area contributed by atoms with E-state index in [0.29, 0.717) is 12.1 Å². The highest BCUT2D eigenvalue weighted by atomic mass is 32.2. The third-order valence-electron chi connectivity index (χ3n) is 5.23. The highest BCUT2D eigenvalue weighted by Gasteiger charge is 2.21. The van der Waals surface area contributed by atoms with Crippen LogP contribution in [0.1, 0.15) is 51.1 Å². The van der Waals surface area contributed by atoms with E-state index in [2.05, 4.69) is 46.4 Å². The average Bonchev–Trinajstić information content (AvgIpc) is 3.23. The van der Waals surface area contributed by atoms with Crippen LogP contribution in [0, 0.1) is 0 Å². The first-order valence-electron chi connectivity index (χ1n) is 10.8. The number of aryl methyl sites for hydroxylation is 1. The maximum absolute atomic E-state index is 12.8. The van der Waals surface area contributed by atoms with E-state index < -0.39 is 16.1 Å². The fraction of sp³-hybridized carbons (Fsp3) is 0.360. The predicted molar refractivity (Wildman–Crippen MR) is 128 cm³/mol. The van der Waals surface area contributed by atoms with Crippen molar-refractivity contribution in [2.75, 3.05) is 7.11 Å². The second kappa shape index (κ2) is 9.79. The number of methoxy groups -OCH3 is 1.